The summed E-state index contributed by atoms with van der Waals surface area (Å²) in [5, 5.41) is 13.2. The number of benzene rings is 1. The molecule has 1 aromatic carbocycles. The summed E-state index contributed by atoms with van der Waals surface area (Å²) in [6.45, 7) is 13.9. The molecule has 0 saturated carbocycles. The number of aromatic nitrogens is 1. The summed E-state index contributed by atoms with van der Waals surface area (Å²) in [6, 6.07) is 7.74. The molecule has 6 heteroatoms. The minimum Gasteiger partial charge on any atom is -0.462 e. The van der Waals surface area contributed by atoms with Gasteiger partial charge in [0.15, 0.2) is 0 Å². The normalized spacial score (nSPS) is 14.5. The number of carbonyl (C=O) groups is 1. The molecule has 160 valence electrons. The zero-order chi connectivity index (χ0) is 21.8. The summed E-state index contributed by atoms with van der Waals surface area (Å²) in [4.78, 5) is 19.1. The molecule has 1 aliphatic heterocycles. The molecule has 0 radical (unpaired) electrons. The molecule has 2 N–H and O–H groups in total. The zero-order valence-electron chi connectivity index (χ0n) is 18.3. The number of carbonyl (C=O) groups excluding carboxylic acids is 1. The van der Waals surface area contributed by atoms with Crippen LogP contribution >= 0.6 is 0 Å². The Morgan fingerprint density at radius 3 is 2.43 bits per heavy atom. The predicted octanol–water partition coefficient (Wildman–Crippen LogP) is 4.23. The summed E-state index contributed by atoms with van der Waals surface area (Å²) in [5.74, 6) is 0.586. The van der Waals surface area contributed by atoms with Crippen LogP contribution in [0.1, 0.15) is 52.5 Å². The highest BCUT2D eigenvalue weighted by Gasteiger charge is 2.19. The molecule has 0 aliphatic carbocycles. The second kappa shape index (κ2) is 9.30. The van der Waals surface area contributed by atoms with Gasteiger partial charge in [0.25, 0.3) is 0 Å². The first-order chi connectivity index (χ1) is 14.3. The van der Waals surface area contributed by atoms with Crippen LogP contribution in [-0.4, -0.2) is 41.9 Å². The Hall–Kier alpha value is -2.86. The van der Waals surface area contributed by atoms with Crippen molar-refractivity contribution in [1.29, 1.82) is 0 Å². The summed E-state index contributed by atoms with van der Waals surface area (Å²) >= 11 is 0. The minimum absolute atomic E-state index is 0.216. The van der Waals surface area contributed by atoms with Gasteiger partial charge in [-0.3, -0.25) is 0 Å². The van der Waals surface area contributed by atoms with Crippen molar-refractivity contribution < 1.29 is 14.6 Å². The molecule has 0 unspecified atom stereocenters. The van der Waals surface area contributed by atoms with E-state index in [1.54, 1.807) is 6.92 Å². The zero-order valence-corrected chi connectivity index (χ0v) is 18.3. The number of ether oxygens (including phenoxy) is 1. The van der Waals surface area contributed by atoms with Gasteiger partial charge in [-0.05, 0) is 75.4 Å². The molecule has 1 fully saturated rings. The second-order valence-corrected chi connectivity index (χ2v) is 7.86. The average molecular weight is 410 g/mol. The molecule has 0 spiro atoms. The molecule has 30 heavy (non-hydrogen) atoms. The largest absolute Gasteiger partial charge is 0.462 e. The van der Waals surface area contributed by atoms with Crippen molar-refractivity contribution in [2.24, 2.45) is 0 Å². The maximum Gasteiger partial charge on any atom is 0.338 e. The SMILES string of the molecule is C=C(Nc1c(C)cc(C(=O)OCC)cc1C)c1nc(N2CCC(O)CC2)ccc1C. The van der Waals surface area contributed by atoms with Crippen LogP contribution in [0.3, 0.4) is 0 Å². The molecular weight excluding hydrogens is 378 g/mol. The van der Waals surface area contributed by atoms with E-state index in [-0.39, 0.29) is 12.1 Å². The first kappa shape index (κ1) is 21.8. The van der Waals surface area contributed by atoms with Crippen molar-refractivity contribution in [2.75, 3.05) is 29.9 Å². The summed E-state index contributed by atoms with van der Waals surface area (Å²) in [7, 11) is 0. The highest BCUT2D eigenvalue weighted by Crippen LogP contribution is 2.28. The number of aryl methyl sites for hydroxylation is 3. The molecule has 3 rings (SSSR count). The number of piperidine rings is 1. The molecule has 1 saturated heterocycles. The average Bonchev–Trinajstić information content (AvgIpc) is 2.71. The molecule has 1 aromatic heterocycles. The number of pyridine rings is 1. The van der Waals surface area contributed by atoms with Crippen LogP contribution in [0.15, 0.2) is 30.8 Å². The van der Waals surface area contributed by atoms with Crippen LogP contribution in [0.25, 0.3) is 5.70 Å². The molecule has 2 aromatic rings. The number of hydrogen-bond donors (Lipinski definition) is 2. The molecule has 2 heterocycles. The van der Waals surface area contributed by atoms with Crippen LogP contribution in [0.4, 0.5) is 11.5 Å². The van der Waals surface area contributed by atoms with E-state index in [2.05, 4.69) is 22.9 Å². The fourth-order valence-corrected chi connectivity index (χ4v) is 3.80. The number of nitrogens with zero attached hydrogens (tertiary/aromatic N) is 2. The van der Waals surface area contributed by atoms with Crippen molar-refractivity contribution in [3.63, 3.8) is 0 Å². The molecule has 0 bridgehead atoms. The summed E-state index contributed by atoms with van der Waals surface area (Å²) < 4.78 is 5.11. The smallest absolute Gasteiger partial charge is 0.338 e. The fourth-order valence-electron chi connectivity index (χ4n) is 3.80. The highest BCUT2D eigenvalue weighted by molar-refractivity contribution is 5.91. The number of nitrogens with one attached hydrogen (secondary N) is 1. The minimum atomic E-state index is -0.314. The monoisotopic (exact) mass is 409 g/mol. The summed E-state index contributed by atoms with van der Waals surface area (Å²) in [6.07, 6.45) is 1.30. The van der Waals surface area contributed by atoms with Gasteiger partial charge in [0.05, 0.1) is 29.7 Å². The van der Waals surface area contributed by atoms with Crippen LogP contribution in [0, 0.1) is 20.8 Å². The first-order valence-corrected chi connectivity index (χ1v) is 10.5. The van der Waals surface area contributed by atoms with Crippen molar-refractivity contribution in [3.8, 4) is 0 Å². The van der Waals surface area contributed by atoms with Crippen LogP contribution in [0.2, 0.25) is 0 Å². The molecular formula is C24H31N3O3. The Bertz CT molecular complexity index is 924. The van der Waals surface area contributed by atoms with Gasteiger partial charge in [-0.2, -0.15) is 0 Å². The van der Waals surface area contributed by atoms with Gasteiger partial charge in [0.1, 0.15) is 5.82 Å². The van der Waals surface area contributed by atoms with Crippen molar-refractivity contribution in [1.82, 2.24) is 4.98 Å². The van der Waals surface area contributed by atoms with E-state index in [0.29, 0.717) is 17.9 Å². The third kappa shape index (κ3) is 4.82. The van der Waals surface area contributed by atoms with Gasteiger partial charge in [-0.25, -0.2) is 9.78 Å². The Morgan fingerprint density at radius 2 is 1.83 bits per heavy atom. The lowest BCUT2D eigenvalue weighted by atomic mass is 10.0. The van der Waals surface area contributed by atoms with Gasteiger partial charge in [0.2, 0.25) is 0 Å². The van der Waals surface area contributed by atoms with Crippen LogP contribution in [0.5, 0.6) is 0 Å². The van der Waals surface area contributed by atoms with E-state index in [1.807, 2.05) is 39.0 Å². The standard InChI is InChI=1S/C24H31N3O3/c1-6-30-24(29)19-13-16(3)22(17(4)14-19)25-18(5)23-15(2)7-8-21(26-23)27-11-9-20(28)10-12-27/h7-8,13-14,20,25,28H,5-6,9-12H2,1-4H3. The van der Waals surface area contributed by atoms with Crippen molar-refractivity contribution in [2.45, 2.75) is 46.6 Å². The lowest BCUT2D eigenvalue weighted by Gasteiger charge is -2.31. The fraction of sp³-hybridized carbons (Fsp3) is 0.417. The van der Waals surface area contributed by atoms with Gasteiger partial charge in [-0.15, -0.1) is 0 Å². The number of anilines is 2. The van der Waals surface area contributed by atoms with E-state index in [9.17, 15) is 9.90 Å². The Labute approximate surface area is 178 Å². The highest BCUT2D eigenvalue weighted by atomic mass is 16.5. The van der Waals surface area contributed by atoms with E-state index in [1.165, 1.54) is 0 Å². The number of aliphatic hydroxyl groups excluding tert-OH is 1. The molecule has 1 aliphatic rings. The van der Waals surface area contributed by atoms with Gasteiger partial charge >= 0.3 is 5.97 Å². The molecule has 0 atom stereocenters. The second-order valence-electron chi connectivity index (χ2n) is 7.86. The van der Waals surface area contributed by atoms with E-state index in [4.69, 9.17) is 9.72 Å². The quantitative estimate of drug-likeness (QED) is 0.696. The number of hydrogen-bond acceptors (Lipinski definition) is 6. The first-order valence-electron chi connectivity index (χ1n) is 10.5. The summed E-state index contributed by atoms with van der Waals surface area (Å²) in [5.41, 5.74) is 5.91. The Morgan fingerprint density at radius 1 is 1.20 bits per heavy atom. The van der Waals surface area contributed by atoms with Crippen LogP contribution < -0.4 is 10.2 Å². The van der Waals surface area contributed by atoms with E-state index < -0.39 is 0 Å². The number of rotatable bonds is 6. The lowest BCUT2D eigenvalue weighted by molar-refractivity contribution is 0.0526. The molecule has 0 amide bonds. The predicted molar refractivity (Wildman–Crippen MR) is 121 cm³/mol. The third-order valence-corrected chi connectivity index (χ3v) is 5.48. The number of aliphatic hydroxyl groups is 1. The number of esters is 1. The van der Waals surface area contributed by atoms with E-state index in [0.717, 1.165) is 59.8 Å². The van der Waals surface area contributed by atoms with Crippen molar-refractivity contribution >= 4 is 23.2 Å². The van der Waals surface area contributed by atoms with Crippen molar-refractivity contribution in [3.05, 3.63) is 58.8 Å². The molecule has 6 nitrogen and oxygen atoms in total. The maximum absolute atomic E-state index is 12.1. The van der Waals surface area contributed by atoms with Gasteiger partial charge in [0, 0.05) is 18.8 Å². The lowest BCUT2D eigenvalue weighted by Crippen LogP contribution is -2.36. The third-order valence-electron chi connectivity index (χ3n) is 5.48. The van der Waals surface area contributed by atoms with Crippen LogP contribution in [-0.2, 0) is 4.74 Å². The van der Waals surface area contributed by atoms with Gasteiger partial charge < -0.3 is 20.1 Å². The van der Waals surface area contributed by atoms with Gasteiger partial charge in [-0.1, -0.05) is 12.6 Å². The maximum atomic E-state index is 12.1. The Balaban J connectivity index is 1.82. The topological polar surface area (TPSA) is 74.7 Å². The Kier molecular flexibility index (Phi) is 6.77. The van der Waals surface area contributed by atoms with E-state index >= 15 is 0 Å².